The zero-order valence-electron chi connectivity index (χ0n) is 17.8. The summed E-state index contributed by atoms with van der Waals surface area (Å²) in [6, 6.07) is 26.9. The van der Waals surface area contributed by atoms with Crippen molar-refractivity contribution in [1.82, 2.24) is 14.9 Å². The van der Waals surface area contributed by atoms with Crippen molar-refractivity contribution < 1.29 is 4.79 Å². The number of hydrogen-bond donors (Lipinski definition) is 2. The van der Waals surface area contributed by atoms with Crippen LogP contribution in [0, 0.1) is 0 Å². The monoisotopic (exact) mass is 437 g/mol. The molecule has 32 heavy (non-hydrogen) atoms. The van der Waals surface area contributed by atoms with Gasteiger partial charge in [-0.3, -0.25) is 4.79 Å². The maximum absolute atomic E-state index is 13.8. The zero-order chi connectivity index (χ0) is 21.7. The minimum absolute atomic E-state index is 0.0319. The molecule has 2 N–H and O–H groups in total. The van der Waals surface area contributed by atoms with E-state index in [0.717, 1.165) is 34.1 Å². The van der Waals surface area contributed by atoms with E-state index in [1.54, 1.807) is 11.8 Å². The molecule has 3 heterocycles. The number of thioether (sulfide) groups is 1. The second-order valence-electron chi connectivity index (χ2n) is 8.26. The summed E-state index contributed by atoms with van der Waals surface area (Å²) in [6.45, 7) is 0.679. The second kappa shape index (κ2) is 7.61. The molecule has 0 saturated carbocycles. The van der Waals surface area contributed by atoms with Gasteiger partial charge in [0.05, 0.1) is 6.04 Å². The molecule has 1 amide bonds. The van der Waals surface area contributed by atoms with Crippen molar-refractivity contribution in [1.29, 1.82) is 0 Å². The Bertz CT molecular complexity index is 1410. The fourth-order valence-electron chi connectivity index (χ4n) is 4.94. The molecule has 1 aliphatic heterocycles. The van der Waals surface area contributed by atoms with Crippen LogP contribution in [0.15, 0.2) is 83.8 Å². The molecule has 5 aromatic rings. The van der Waals surface area contributed by atoms with Gasteiger partial charge in [-0.1, -0.05) is 48.5 Å². The van der Waals surface area contributed by atoms with Gasteiger partial charge < -0.3 is 14.9 Å². The van der Waals surface area contributed by atoms with Crippen LogP contribution in [0.3, 0.4) is 0 Å². The first kappa shape index (κ1) is 19.3. The number of aromatic nitrogens is 2. The summed E-state index contributed by atoms with van der Waals surface area (Å²) in [5.74, 6) is 0.0319. The molecule has 1 unspecified atom stereocenters. The summed E-state index contributed by atoms with van der Waals surface area (Å²) in [5, 5.41) is 2.31. The lowest BCUT2D eigenvalue weighted by atomic mass is 9.92. The van der Waals surface area contributed by atoms with Crippen LogP contribution in [0.1, 0.15) is 33.4 Å². The Kier molecular flexibility index (Phi) is 4.58. The summed E-state index contributed by atoms with van der Waals surface area (Å²) in [6.07, 6.45) is 2.92. The molecule has 0 bridgehead atoms. The topological polar surface area (TPSA) is 51.9 Å². The quantitative estimate of drug-likeness (QED) is 0.332. The molecule has 0 fully saturated rings. The Hall–Kier alpha value is -3.44. The number of para-hydroxylation sites is 2. The van der Waals surface area contributed by atoms with Crippen LogP contribution >= 0.6 is 11.8 Å². The maximum Gasteiger partial charge on any atom is 0.271 e. The highest BCUT2D eigenvalue weighted by Gasteiger charge is 2.35. The van der Waals surface area contributed by atoms with E-state index in [4.69, 9.17) is 0 Å². The number of hydrogen-bond acceptors (Lipinski definition) is 2. The van der Waals surface area contributed by atoms with Crippen LogP contribution in [0.2, 0.25) is 0 Å². The third-order valence-corrected chi connectivity index (χ3v) is 7.23. The Morgan fingerprint density at radius 2 is 1.69 bits per heavy atom. The fraction of sp³-hybridized carbons (Fsp3) is 0.148. The molecule has 1 aliphatic rings. The largest absolute Gasteiger partial charge is 0.356 e. The fourth-order valence-corrected chi connectivity index (χ4v) is 5.34. The van der Waals surface area contributed by atoms with E-state index < -0.39 is 0 Å². The number of carbonyl (C=O) groups excluding carboxylic acids is 1. The Morgan fingerprint density at radius 1 is 0.938 bits per heavy atom. The first-order valence-corrected chi connectivity index (χ1v) is 12.1. The molecule has 3 aromatic carbocycles. The summed E-state index contributed by atoms with van der Waals surface area (Å²) in [5.41, 5.74) is 6.32. The van der Waals surface area contributed by atoms with Crippen LogP contribution in [-0.2, 0) is 6.42 Å². The van der Waals surface area contributed by atoms with E-state index in [1.807, 2.05) is 35.2 Å². The predicted molar refractivity (Wildman–Crippen MR) is 131 cm³/mol. The molecule has 0 spiro atoms. The molecule has 5 heteroatoms. The van der Waals surface area contributed by atoms with Gasteiger partial charge in [0.25, 0.3) is 5.91 Å². The van der Waals surface area contributed by atoms with Crippen molar-refractivity contribution in [3.05, 3.63) is 101 Å². The van der Waals surface area contributed by atoms with Crippen molar-refractivity contribution in [3.8, 4) is 0 Å². The van der Waals surface area contributed by atoms with Crippen molar-refractivity contribution in [3.63, 3.8) is 0 Å². The van der Waals surface area contributed by atoms with E-state index in [-0.39, 0.29) is 11.9 Å². The highest BCUT2D eigenvalue weighted by Crippen LogP contribution is 2.39. The number of fused-ring (bicyclic) bond motifs is 4. The standard InChI is InChI=1S/C27H23N3OS/c1-32-19-12-10-17(11-13-19)26-25-21(20-7-3-5-9-23(20)29-25)14-15-30(26)27(31)24-16-18-6-2-4-8-22(18)28-24/h2-13,16,26,28-29H,14-15H2,1H3. The van der Waals surface area contributed by atoms with Crippen LogP contribution in [-0.4, -0.2) is 33.6 Å². The molecular weight excluding hydrogens is 414 g/mol. The summed E-state index contributed by atoms with van der Waals surface area (Å²) in [7, 11) is 0. The van der Waals surface area contributed by atoms with Gasteiger partial charge in [0.15, 0.2) is 0 Å². The van der Waals surface area contributed by atoms with Crippen molar-refractivity contribution in [2.75, 3.05) is 12.8 Å². The number of amides is 1. The third kappa shape index (κ3) is 3.04. The molecule has 4 nitrogen and oxygen atoms in total. The van der Waals surface area contributed by atoms with Crippen LogP contribution in [0.5, 0.6) is 0 Å². The van der Waals surface area contributed by atoms with E-state index in [9.17, 15) is 4.79 Å². The molecule has 0 saturated heterocycles. The number of H-pyrrole nitrogens is 2. The predicted octanol–water partition coefficient (Wildman–Crippen LogP) is 6.16. The van der Waals surface area contributed by atoms with Crippen LogP contribution in [0.25, 0.3) is 21.8 Å². The number of nitrogens with one attached hydrogen (secondary N) is 2. The van der Waals surface area contributed by atoms with Crippen LogP contribution < -0.4 is 0 Å². The minimum Gasteiger partial charge on any atom is -0.356 e. The zero-order valence-corrected chi connectivity index (χ0v) is 18.6. The lowest BCUT2D eigenvalue weighted by Gasteiger charge is -2.36. The van der Waals surface area contributed by atoms with Gasteiger partial charge in [0.1, 0.15) is 5.69 Å². The SMILES string of the molecule is CSc1ccc(C2c3[nH]c4ccccc4c3CCN2C(=O)c2cc3ccccc3[nH]2)cc1. The molecule has 1 atom stereocenters. The molecule has 158 valence electrons. The van der Waals surface area contributed by atoms with Crippen molar-refractivity contribution in [2.24, 2.45) is 0 Å². The average molecular weight is 438 g/mol. The van der Waals surface area contributed by atoms with Gasteiger partial charge in [-0.05, 0) is 54.1 Å². The Balaban J connectivity index is 1.49. The average Bonchev–Trinajstić information content (AvgIpc) is 3.44. The molecule has 6 rings (SSSR count). The maximum atomic E-state index is 13.8. The molecule has 0 aliphatic carbocycles. The summed E-state index contributed by atoms with van der Waals surface area (Å²) >= 11 is 1.73. The Labute approximate surface area is 190 Å². The van der Waals surface area contributed by atoms with E-state index in [1.165, 1.54) is 15.8 Å². The normalized spacial score (nSPS) is 15.9. The van der Waals surface area contributed by atoms with Gasteiger partial charge >= 0.3 is 0 Å². The minimum atomic E-state index is -0.152. The first-order chi connectivity index (χ1) is 15.7. The van der Waals surface area contributed by atoms with E-state index >= 15 is 0 Å². The number of rotatable bonds is 3. The van der Waals surface area contributed by atoms with Gasteiger partial charge in [0.2, 0.25) is 0 Å². The van der Waals surface area contributed by atoms with Gasteiger partial charge in [-0.25, -0.2) is 0 Å². The second-order valence-corrected chi connectivity index (χ2v) is 9.14. The van der Waals surface area contributed by atoms with Gasteiger partial charge in [-0.15, -0.1) is 11.8 Å². The number of aromatic amines is 2. The third-order valence-electron chi connectivity index (χ3n) is 6.49. The molecule has 2 aromatic heterocycles. The molecular formula is C27H23N3OS. The van der Waals surface area contributed by atoms with Gasteiger partial charge in [0, 0.05) is 38.9 Å². The number of carbonyl (C=O) groups is 1. The van der Waals surface area contributed by atoms with E-state index in [2.05, 4.69) is 64.8 Å². The van der Waals surface area contributed by atoms with Crippen molar-refractivity contribution in [2.45, 2.75) is 17.4 Å². The number of nitrogens with zero attached hydrogens (tertiary/aromatic N) is 1. The van der Waals surface area contributed by atoms with Gasteiger partial charge in [-0.2, -0.15) is 0 Å². The first-order valence-electron chi connectivity index (χ1n) is 10.8. The van der Waals surface area contributed by atoms with Crippen LogP contribution in [0.4, 0.5) is 0 Å². The molecule has 0 radical (unpaired) electrons. The summed E-state index contributed by atoms with van der Waals surface area (Å²) < 4.78 is 0. The number of benzene rings is 3. The summed E-state index contributed by atoms with van der Waals surface area (Å²) in [4.78, 5) is 24.0. The Morgan fingerprint density at radius 3 is 2.47 bits per heavy atom. The highest BCUT2D eigenvalue weighted by molar-refractivity contribution is 7.98. The van der Waals surface area contributed by atoms with Crippen molar-refractivity contribution >= 4 is 39.5 Å². The van der Waals surface area contributed by atoms with E-state index in [0.29, 0.717) is 12.2 Å². The lowest BCUT2D eigenvalue weighted by molar-refractivity contribution is 0.0687. The smallest absolute Gasteiger partial charge is 0.271 e. The highest BCUT2D eigenvalue weighted by atomic mass is 32.2. The lowest BCUT2D eigenvalue weighted by Crippen LogP contribution is -2.40.